The van der Waals surface area contributed by atoms with Gasteiger partial charge in [0.05, 0.1) is 10.7 Å². The molecule has 3 nitrogen and oxygen atoms in total. The van der Waals surface area contributed by atoms with Crippen LogP contribution in [0.5, 0.6) is 0 Å². The Labute approximate surface area is 113 Å². The minimum Gasteiger partial charge on any atom is -0.287 e. The first-order chi connectivity index (χ1) is 8.50. The third-order valence-electron chi connectivity index (χ3n) is 2.54. The average Bonchev–Trinajstić information content (AvgIpc) is 2.70. The van der Waals surface area contributed by atoms with Crippen molar-refractivity contribution in [2.24, 2.45) is 0 Å². The molecule has 94 valence electrons. The lowest BCUT2D eigenvalue weighted by molar-refractivity contribution is 0.102. The van der Waals surface area contributed by atoms with E-state index in [-0.39, 0.29) is 11.8 Å². The number of carbonyl (C=O) groups excluding carboxylic acids is 1. The molecule has 18 heavy (non-hydrogen) atoms. The van der Waals surface area contributed by atoms with Crippen LogP contribution in [0.15, 0.2) is 34.9 Å². The molecule has 5 heteroatoms. The average molecular weight is 311 g/mol. The summed E-state index contributed by atoms with van der Waals surface area (Å²) in [5.74, 6) is -0.667. The molecule has 1 heterocycles. The van der Waals surface area contributed by atoms with Crippen LogP contribution in [-0.4, -0.2) is 15.6 Å². The molecule has 0 aliphatic rings. The van der Waals surface area contributed by atoms with Gasteiger partial charge in [0.15, 0.2) is 0 Å². The smallest absolute Gasteiger partial charge is 0.212 e. The van der Waals surface area contributed by atoms with E-state index in [1.165, 1.54) is 18.2 Å². The van der Waals surface area contributed by atoms with E-state index in [4.69, 9.17) is 0 Å². The van der Waals surface area contributed by atoms with Crippen LogP contribution in [-0.2, 0) is 0 Å². The fourth-order valence-corrected chi connectivity index (χ4v) is 2.16. The van der Waals surface area contributed by atoms with Gasteiger partial charge in [-0.15, -0.1) is 0 Å². The van der Waals surface area contributed by atoms with Gasteiger partial charge in [-0.25, -0.2) is 4.39 Å². The van der Waals surface area contributed by atoms with Crippen LogP contribution in [0.4, 0.5) is 4.39 Å². The molecule has 2 rings (SSSR count). The summed E-state index contributed by atoms with van der Waals surface area (Å²) >= 11 is 3.30. The van der Waals surface area contributed by atoms with Crippen molar-refractivity contribution in [3.05, 3.63) is 52.0 Å². The zero-order valence-electron chi connectivity index (χ0n) is 10.0. The lowest BCUT2D eigenvalue weighted by Gasteiger charge is -2.10. The van der Waals surface area contributed by atoms with Gasteiger partial charge >= 0.3 is 0 Å². The number of hydrogen-bond acceptors (Lipinski definition) is 2. The second-order valence-corrected chi connectivity index (χ2v) is 5.07. The van der Waals surface area contributed by atoms with Gasteiger partial charge < -0.3 is 0 Å². The van der Waals surface area contributed by atoms with Gasteiger partial charge in [-0.3, -0.25) is 9.48 Å². The van der Waals surface area contributed by atoms with Crippen molar-refractivity contribution >= 4 is 21.7 Å². The highest BCUT2D eigenvalue weighted by Crippen LogP contribution is 2.22. The molecule has 0 fully saturated rings. The summed E-state index contributed by atoms with van der Waals surface area (Å²) in [4.78, 5) is 12.3. The van der Waals surface area contributed by atoms with Crippen LogP contribution < -0.4 is 0 Å². The standard InChI is InChI=1S/C13H12BrFN2O/c1-8(2)17-12(11(14)7-16-17)13(18)9-4-3-5-10(15)6-9/h3-8H,1-2H3. The van der Waals surface area contributed by atoms with Crippen LogP contribution in [0.2, 0.25) is 0 Å². The molecular formula is C13H12BrFN2O. The Morgan fingerprint density at radius 1 is 1.44 bits per heavy atom. The summed E-state index contributed by atoms with van der Waals surface area (Å²) in [7, 11) is 0. The second kappa shape index (κ2) is 5.02. The van der Waals surface area contributed by atoms with Gasteiger partial charge in [0.2, 0.25) is 5.78 Å². The fourth-order valence-electron chi connectivity index (χ4n) is 1.71. The molecule has 0 aliphatic heterocycles. The Kier molecular flexibility index (Phi) is 3.61. The Hall–Kier alpha value is -1.49. The summed E-state index contributed by atoms with van der Waals surface area (Å²) in [6.45, 7) is 3.86. The molecule has 2 aromatic rings. The third-order valence-corrected chi connectivity index (χ3v) is 3.12. The van der Waals surface area contributed by atoms with Gasteiger partial charge in [-0.2, -0.15) is 5.10 Å². The first-order valence-corrected chi connectivity index (χ1v) is 6.33. The first kappa shape index (κ1) is 13.0. The van der Waals surface area contributed by atoms with Crippen LogP contribution in [0.3, 0.4) is 0 Å². The van der Waals surface area contributed by atoms with Gasteiger partial charge in [-0.05, 0) is 41.9 Å². The summed E-state index contributed by atoms with van der Waals surface area (Å²) < 4.78 is 15.4. The number of benzene rings is 1. The molecule has 0 N–H and O–H groups in total. The maximum Gasteiger partial charge on any atom is 0.212 e. The highest BCUT2D eigenvalue weighted by Gasteiger charge is 2.20. The zero-order valence-corrected chi connectivity index (χ0v) is 11.6. The van der Waals surface area contributed by atoms with Crippen LogP contribution in [0.25, 0.3) is 0 Å². The molecule has 0 spiro atoms. The van der Waals surface area contributed by atoms with Crippen LogP contribution in [0, 0.1) is 5.82 Å². The van der Waals surface area contributed by atoms with E-state index < -0.39 is 5.82 Å². The van der Waals surface area contributed by atoms with Crippen molar-refractivity contribution in [1.29, 1.82) is 0 Å². The summed E-state index contributed by atoms with van der Waals surface area (Å²) in [6.07, 6.45) is 1.58. The molecule has 0 atom stereocenters. The first-order valence-electron chi connectivity index (χ1n) is 5.54. The molecule has 0 radical (unpaired) electrons. The number of nitrogens with zero attached hydrogens (tertiary/aromatic N) is 2. The molecular weight excluding hydrogens is 299 g/mol. The number of rotatable bonds is 3. The monoisotopic (exact) mass is 310 g/mol. The van der Waals surface area contributed by atoms with Crippen LogP contribution in [0.1, 0.15) is 35.9 Å². The summed E-state index contributed by atoms with van der Waals surface area (Å²) in [5.41, 5.74) is 0.758. The predicted octanol–water partition coefficient (Wildman–Crippen LogP) is 3.60. The molecule has 0 aliphatic carbocycles. The predicted molar refractivity (Wildman–Crippen MR) is 70.1 cm³/mol. The molecule has 0 bridgehead atoms. The zero-order chi connectivity index (χ0) is 13.3. The van der Waals surface area contributed by atoms with Crippen molar-refractivity contribution in [3.8, 4) is 0 Å². The molecule has 0 unspecified atom stereocenters. The number of halogens is 2. The van der Waals surface area contributed by atoms with E-state index >= 15 is 0 Å². The van der Waals surface area contributed by atoms with E-state index in [2.05, 4.69) is 21.0 Å². The normalized spacial score (nSPS) is 10.9. The van der Waals surface area contributed by atoms with Crippen LogP contribution >= 0.6 is 15.9 Å². The van der Waals surface area contributed by atoms with Crippen molar-refractivity contribution < 1.29 is 9.18 Å². The Balaban J connectivity index is 2.49. The largest absolute Gasteiger partial charge is 0.287 e. The van der Waals surface area contributed by atoms with E-state index in [0.29, 0.717) is 15.7 Å². The van der Waals surface area contributed by atoms with E-state index in [1.807, 2.05) is 13.8 Å². The Bertz CT molecular complexity index is 592. The molecule has 0 saturated heterocycles. The number of ketones is 1. The van der Waals surface area contributed by atoms with E-state index in [1.54, 1.807) is 16.9 Å². The number of hydrogen-bond donors (Lipinski definition) is 0. The maximum absolute atomic E-state index is 13.1. The highest BCUT2D eigenvalue weighted by molar-refractivity contribution is 9.10. The van der Waals surface area contributed by atoms with Crippen molar-refractivity contribution in [1.82, 2.24) is 9.78 Å². The lowest BCUT2D eigenvalue weighted by Crippen LogP contribution is -2.14. The quantitative estimate of drug-likeness (QED) is 0.812. The van der Waals surface area contributed by atoms with Gasteiger partial charge in [-0.1, -0.05) is 12.1 Å². The number of aromatic nitrogens is 2. The van der Waals surface area contributed by atoms with Gasteiger partial charge in [0, 0.05) is 11.6 Å². The minimum absolute atomic E-state index is 0.0591. The van der Waals surface area contributed by atoms with Gasteiger partial charge in [0.1, 0.15) is 11.5 Å². The Morgan fingerprint density at radius 3 is 2.78 bits per heavy atom. The topological polar surface area (TPSA) is 34.9 Å². The van der Waals surface area contributed by atoms with Crippen molar-refractivity contribution in [2.75, 3.05) is 0 Å². The minimum atomic E-state index is -0.424. The molecule has 1 aromatic carbocycles. The van der Waals surface area contributed by atoms with E-state index in [0.717, 1.165) is 0 Å². The summed E-state index contributed by atoms with van der Waals surface area (Å²) in [6, 6.07) is 5.71. The number of carbonyl (C=O) groups is 1. The SMILES string of the molecule is CC(C)n1ncc(Br)c1C(=O)c1cccc(F)c1. The maximum atomic E-state index is 13.1. The van der Waals surface area contributed by atoms with Gasteiger partial charge in [0.25, 0.3) is 0 Å². The van der Waals surface area contributed by atoms with Crippen molar-refractivity contribution in [3.63, 3.8) is 0 Å². The van der Waals surface area contributed by atoms with Crippen molar-refractivity contribution in [2.45, 2.75) is 19.9 Å². The second-order valence-electron chi connectivity index (χ2n) is 4.22. The summed E-state index contributed by atoms with van der Waals surface area (Å²) in [5, 5.41) is 4.14. The fraction of sp³-hybridized carbons (Fsp3) is 0.231. The van der Waals surface area contributed by atoms with E-state index in [9.17, 15) is 9.18 Å². The highest BCUT2D eigenvalue weighted by atomic mass is 79.9. The molecule has 0 amide bonds. The Morgan fingerprint density at radius 2 is 2.17 bits per heavy atom. The lowest BCUT2D eigenvalue weighted by atomic mass is 10.1. The molecule has 1 aromatic heterocycles. The third kappa shape index (κ3) is 2.36. The molecule has 0 saturated carbocycles.